The smallest absolute Gasteiger partial charge is 0.165 e. The lowest BCUT2D eigenvalue weighted by molar-refractivity contribution is 0.703. The molecule has 2 aromatic carbocycles. The zero-order valence-electron chi connectivity index (χ0n) is 11.5. The van der Waals surface area contributed by atoms with Crippen molar-refractivity contribution in [1.29, 1.82) is 0 Å². The second-order valence-corrected chi connectivity index (χ2v) is 5.91. The molecule has 0 amide bonds. The summed E-state index contributed by atoms with van der Waals surface area (Å²) in [4.78, 5) is 7.45. The van der Waals surface area contributed by atoms with Crippen molar-refractivity contribution in [2.45, 2.75) is 16.4 Å². The van der Waals surface area contributed by atoms with E-state index in [1.165, 1.54) is 5.56 Å². The third kappa shape index (κ3) is 3.35. The molecule has 0 spiro atoms. The Morgan fingerprint density at radius 2 is 1.52 bits per heavy atom. The van der Waals surface area contributed by atoms with Crippen LogP contribution in [-0.4, -0.2) is 9.97 Å². The fourth-order valence-electron chi connectivity index (χ4n) is 2.28. The summed E-state index contributed by atoms with van der Waals surface area (Å²) < 4.78 is 0. The Kier molecular flexibility index (Phi) is 4.38. The lowest BCUT2D eigenvalue weighted by Crippen LogP contribution is -2.17. The number of aromatic amines is 1. The van der Waals surface area contributed by atoms with Gasteiger partial charge in [-0.15, -0.1) is 0 Å². The molecule has 21 heavy (non-hydrogen) atoms. The maximum atomic E-state index is 6.53. The van der Waals surface area contributed by atoms with Gasteiger partial charge in [-0.1, -0.05) is 72.4 Å². The van der Waals surface area contributed by atoms with Gasteiger partial charge in [0.1, 0.15) is 0 Å². The van der Waals surface area contributed by atoms with Crippen molar-refractivity contribution < 1.29 is 0 Å². The first kappa shape index (κ1) is 13.9. The van der Waals surface area contributed by atoms with Crippen LogP contribution in [0.3, 0.4) is 0 Å². The fourth-order valence-corrected chi connectivity index (χ4v) is 3.37. The van der Waals surface area contributed by atoms with Crippen LogP contribution in [0.25, 0.3) is 0 Å². The molecule has 0 aliphatic carbocycles. The molecule has 0 fully saturated rings. The van der Waals surface area contributed by atoms with E-state index in [-0.39, 0.29) is 11.3 Å². The molecule has 1 heterocycles. The summed E-state index contributed by atoms with van der Waals surface area (Å²) in [5.74, 6) is 0. The topological polar surface area (TPSA) is 54.7 Å². The van der Waals surface area contributed by atoms with Crippen molar-refractivity contribution in [2.24, 2.45) is 5.73 Å². The van der Waals surface area contributed by atoms with Crippen molar-refractivity contribution in [1.82, 2.24) is 9.97 Å². The van der Waals surface area contributed by atoms with Gasteiger partial charge in [0.15, 0.2) is 5.16 Å². The summed E-state index contributed by atoms with van der Waals surface area (Å²) in [6, 6.07) is 20.4. The third-order valence-electron chi connectivity index (χ3n) is 3.35. The van der Waals surface area contributed by atoms with Gasteiger partial charge in [0.25, 0.3) is 0 Å². The van der Waals surface area contributed by atoms with Gasteiger partial charge in [0.05, 0.1) is 5.25 Å². The van der Waals surface area contributed by atoms with Gasteiger partial charge >= 0.3 is 0 Å². The lowest BCUT2D eigenvalue weighted by Gasteiger charge is -2.23. The van der Waals surface area contributed by atoms with E-state index in [9.17, 15) is 0 Å². The Balaban J connectivity index is 1.92. The normalized spacial score (nSPS) is 13.8. The number of rotatable bonds is 5. The SMILES string of the molecule is NC(c1ccccc1)C(Sc1ncc[nH]1)c1ccccc1. The molecule has 3 rings (SSSR count). The zero-order chi connectivity index (χ0) is 14.5. The van der Waals surface area contributed by atoms with Crippen molar-refractivity contribution in [3.8, 4) is 0 Å². The number of H-pyrrole nitrogens is 1. The van der Waals surface area contributed by atoms with Crippen LogP contribution in [0.1, 0.15) is 22.4 Å². The minimum atomic E-state index is -0.0938. The van der Waals surface area contributed by atoms with Crippen LogP contribution in [0.4, 0.5) is 0 Å². The molecule has 0 radical (unpaired) electrons. The number of benzene rings is 2. The zero-order valence-corrected chi connectivity index (χ0v) is 12.3. The Morgan fingerprint density at radius 3 is 2.10 bits per heavy atom. The van der Waals surface area contributed by atoms with Crippen molar-refractivity contribution >= 4 is 11.8 Å². The molecule has 3 N–H and O–H groups in total. The van der Waals surface area contributed by atoms with E-state index in [0.29, 0.717) is 0 Å². The van der Waals surface area contributed by atoms with Gasteiger partial charge < -0.3 is 10.7 Å². The van der Waals surface area contributed by atoms with Crippen molar-refractivity contribution in [3.63, 3.8) is 0 Å². The molecular formula is C17H17N3S. The number of nitrogens with one attached hydrogen (secondary N) is 1. The monoisotopic (exact) mass is 295 g/mol. The van der Waals surface area contributed by atoms with Gasteiger partial charge in [-0.25, -0.2) is 4.98 Å². The first-order chi connectivity index (χ1) is 10.3. The number of nitrogens with zero attached hydrogens (tertiary/aromatic N) is 1. The Bertz CT molecular complexity index is 653. The molecule has 0 aliphatic rings. The maximum absolute atomic E-state index is 6.53. The summed E-state index contributed by atoms with van der Waals surface area (Å²) in [5.41, 5.74) is 8.86. The molecule has 0 saturated carbocycles. The number of thioether (sulfide) groups is 1. The van der Waals surface area contributed by atoms with E-state index in [4.69, 9.17) is 5.73 Å². The average Bonchev–Trinajstić information content (AvgIpc) is 3.07. The number of imidazole rings is 1. The van der Waals surface area contributed by atoms with E-state index in [0.717, 1.165) is 10.7 Å². The highest BCUT2D eigenvalue weighted by Crippen LogP contribution is 2.41. The predicted octanol–water partition coefficient (Wildman–Crippen LogP) is 3.94. The van der Waals surface area contributed by atoms with E-state index in [1.807, 2.05) is 42.6 Å². The van der Waals surface area contributed by atoms with Gasteiger partial charge in [0.2, 0.25) is 0 Å². The van der Waals surface area contributed by atoms with E-state index in [2.05, 4.69) is 34.2 Å². The molecule has 2 atom stereocenters. The fraction of sp³-hybridized carbons (Fsp3) is 0.118. The van der Waals surface area contributed by atoms with Crippen LogP contribution in [0.2, 0.25) is 0 Å². The Labute approximate surface area is 128 Å². The molecule has 0 saturated heterocycles. The lowest BCUT2D eigenvalue weighted by atomic mass is 9.99. The third-order valence-corrected chi connectivity index (χ3v) is 4.62. The summed E-state index contributed by atoms with van der Waals surface area (Å²) in [6.45, 7) is 0. The Hall–Kier alpha value is -2.04. The molecule has 1 aromatic heterocycles. The van der Waals surface area contributed by atoms with Gasteiger partial charge in [-0.2, -0.15) is 0 Å². The number of aromatic nitrogens is 2. The first-order valence-corrected chi connectivity index (χ1v) is 7.74. The first-order valence-electron chi connectivity index (χ1n) is 6.86. The molecule has 3 aromatic rings. The molecule has 106 valence electrons. The molecule has 4 heteroatoms. The van der Waals surface area contributed by atoms with Crippen LogP contribution in [-0.2, 0) is 0 Å². The summed E-state index contributed by atoms with van der Waals surface area (Å²) in [6.07, 6.45) is 3.59. The van der Waals surface area contributed by atoms with Crippen LogP contribution < -0.4 is 5.73 Å². The number of hydrogen-bond acceptors (Lipinski definition) is 3. The summed E-state index contributed by atoms with van der Waals surface area (Å²) in [7, 11) is 0. The summed E-state index contributed by atoms with van der Waals surface area (Å²) in [5, 5.41) is 0.995. The van der Waals surface area contributed by atoms with Crippen LogP contribution in [0, 0.1) is 0 Å². The molecule has 2 unspecified atom stereocenters. The second kappa shape index (κ2) is 6.61. The van der Waals surface area contributed by atoms with Crippen LogP contribution in [0.15, 0.2) is 78.2 Å². The number of hydrogen-bond donors (Lipinski definition) is 2. The molecule has 3 nitrogen and oxygen atoms in total. The largest absolute Gasteiger partial charge is 0.340 e. The van der Waals surface area contributed by atoms with Crippen molar-refractivity contribution in [2.75, 3.05) is 0 Å². The van der Waals surface area contributed by atoms with Crippen LogP contribution >= 0.6 is 11.8 Å². The molecule has 0 bridgehead atoms. The highest BCUT2D eigenvalue weighted by molar-refractivity contribution is 7.99. The highest BCUT2D eigenvalue weighted by atomic mass is 32.2. The van der Waals surface area contributed by atoms with Gasteiger partial charge in [-0.3, -0.25) is 0 Å². The van der Waals surface area contributed by atoms with E-state index < -0.39 is 0 Å². The predicted molar refractivity (Wildman–Crippen MR) is 87.0 cm³/mol. The average molecular weight is 295 g/mol. The number of nitrogens with two attached hydrogens (primary N) is 1. The van der Waals surface area contributed by atoms with Gasteiger partial charge in [-0.05, 0) is 11.1 Å². The molecular weight excluding hydrogens is 278 g/mol. The second-order valence-electron chi connectivity index (χ2n) is 4.78. The summed E-state index contributed by atoms with van der Waals surface area (Å²) >= 11 is 1.66. The van der Waals surface area contributed by atoms with Crippen molar-refractivity contribution in [3.05, 3.63) is 84.2 Å². The standard InChI is InChI=1S/C17H17N3S/c18-15(13-7-3-1-4-8-13)16(14-9-5-2-6-10-14)21-17-19-11-12-20-17/h1-12,15-16H,18H2,(H,19,20). The quantitative estimate of drug-likeness (QED) is 0.701. The minimum Gasteiger partial charge on any atom is -0.340 e. The van der Waals surface area contributed by atoms with E-state index >= 15 is 0 Å². The molecule has 0 aliphatic heterocycles. The Morgan fingerprint density at radius 1 is 0.905 bits per heavy atom. The van der Waals surface area contributed by atoms with Gasteiger partial charge in [0, 0.05) is 18.4 Å². The highest BCUT2D eigenvalue weighted by Gasteiger charge is 2.23. The maximum Gasteiger partial charge on any atom is 0.165 e. The van der Waals surface area contributed by atoms with Crippen LogP contribution in [0.5, 0.6) is 0 Å². The minimum absolute atomic E-state index is 0.0938. The van der Waals surface area contributed by atoms with E-state index in [1.54, 1.807) is 18.0 Å².